The standard InChI is InChI=1S/C16H15NO4/c1-3-17-11-8-6-5-7-10(11)15-14(17)12(18)9-13(21-15)16(19)20-4-2/h5-9H,3-4H2,1-2H3. The Hall–Kier alpha value is -2.56. The molecule has 0 bridgehead atoms. The molecule has 0 saturated heterocycles. The molecule has 0 N–H and O–H groups in total. The van der Waals surface area contributed by atoms with E-state index in [4.69, 9.17) is 9.15 Å². The summed E-state index contributed by atoms with van der Waals surface area (Å²) in [5, 5.41) is 0.817. The van der Waals surface area contributed by atoms with Crippen molar-refractivity contribution in [3.05, 3.63) is 46.3 Å². The Morgan fingerprint density at radius 1 is 1.29 bits per heavy atom. The van der Waals surface area contributed by atoms with Crippen LogP contribution in [-0.4, -0.2) is 17.1 Å². The van der Waals surface area contributed by atoms with E-state index in [-0.39, 0.29) is 17.8 Å². The van der Waals surface area contributed by atoms with E-state index in [2.05, 4.69) is 0 Å². The van der Waals surface area contributed by atoms with Gasteiger partial charge in [-0.25, -0.2) is 4.79 Å². The van der Waals surface area contributed by atoms with Crippen molar-refractivity contribution in [1.82, 2.24) is 4.57 Å². The molecule has 3 rings (SSSR count). The van der Waals surface area contributed by atoms with Crippen molar-refractivity contribution in [1.29, 1.82) is 0 Å². The summed E-state index contributed by atoms with van der Waals surface area (Å²) in [6, 6.07) is 8.79. The van der Waals surface area contributed by atoms with Gasteiger partial charge in [-0.05, 0) is 26.0 Å². The topological polar surface area (TPSA) is 61.4 Å². The van der Waals surface area contributed by atoms with Crippen LogP contribution in [0.5, 0.6) is 0 Å². The predicted molar refractivity (Wildman–Crippen MR) is 79.6 cm³/mol. The lowest BCUT2D eigenvalue weighted by Gasteiger charge is -2.02. The molecule has 2 heterocycles. The van der Waals surface area contributed by atoms with Crippen molar-refractivity contribution in [2.75, 3.05) is 6.61 Å². The van der Waals surface area contributed by atoms with Crippen LogP contribution in [0.3, 0.4) is 0 Å². The average Bonchev–Trinajstić information content (AvgIpc) is 2.82. The van der Waals surface area contributed by atoms with E-state index in [1.807, 2.05) is 35.8 Å². The quantitative estimate of drug-likeness (QED) is 0.694. The van der Waals surface area contributed by atoms with E-state index in [1.54, 1.807) is 6.92 Å². The molecule has 1 aromatic carbocycles. The number of hydrogen-bond acceptors (Lipinski definition) is 4. The molecule has 0 amide bonds. The van der Waals surface area contributed by atoms with E-state index in [0.29, 0.717) is 17.6 Å². The van der Waals surface area contributed by atoms with Gasteiger partial charge in [-0.1, -0.05) is 12.1 Å². The van der Waals surface area contributed by atoms with E-state index in [0.717, 1.165) is 10.9 Å². The summed E-state index contributed by atoms with van der Waals surface area (Å²) in [7, 11) is 0. The van der Waals surface area contributed by atoms with Gasteiger partial charge in [0.25, 0.3) is 0 Å². The molecule has 0 atom stereocenters. The Balaban J connectivity index is 2.40. The van der Waals surface area contributed by atoms with E-state index in [1.165, 1.54) is 6.07 Å². The summed E-state index contributed by atoms with van der Waals surface area (Å²) in [6.45, 7) is 4.55. The maximum absolute atomic E-state index is 12.4. The third-order valence-electron chi connectivity index (χ3n) is 3.42. The van der Waals surface area contributed by atoms with Gasteiger partial charge >= 0.3 is 5.97 Å². The molecule has 108 valence electrons. The SMILES string of the molecule is CCOC(=O)c1cc(=O)c2c(o1)c1ccccc1n2CC. The summed E-state index contributed by atoms with van der Waals surface area (Å²) >= 11 is 0. The third kappa shape index (κ3) is 2.01. The van der Waals surface area contributed by atoms with Crippen molar-refractivity contribution >= 4 is 28.0 Å². The highest BCUT2D eigenvalue weighted by Crippen LogP contribution is 2.27. The van der Waals surface area contributed by atoms with E-state index < -0.39 is 5.97 Å². The van der Waals surface area contributed by atoms with Gasteiger partial charge in [0.1, 0.15) is 5.52 Å². The van der Waals surface area contributed by atoms with Crippen LogP contribution in [0.2, 0.25) is 0 Å². The number of ether oxygens (including phenoxy) is 1. The Kier molecular flexibility index (Phi) is 3.25. The van der Waals surface area contributed by atoms with Gasteiger partial charge in [0.15, 0.2) is 5.58 Å². The first kappa shape index (κ1) is 13.4. The van der Waals surface area contributed by atoms with Gasteiger partial charge in [-0.2, -0.15) is 0 Å². The number of rotatable bonds is 3. The first-order chi connectivity index (χ1) is 10.2. The largest absolute Gasteiger partial charge is 0.460 e. The Morgan fingerprint density at radius 2 is 2.05 bits per heavy atom. The predicted octanol–water partition coefficient (Wildman–Crippen LogP) is 2.94. The highest BCUT2D eigenvalue weighted by molar-refractivity contribution is 6.05. The Morgan fingerprint density at radius 3 is 2.76 bits per heavy atom. The molecule has 0 aliphatic rings. The molecule has 0 unspecified atom stereocenters. The van der Waals surface area contributed by atoms with Crippen LogP contribution in [0.1, 0.15) is 24.4 Å². The van der Waals surface area contributed by atoms with Gasteiger partial charge in [0.05, 0.1) is 12.1 Å². The number of fused-ring (bicyclic) bond motifs is 3. The van der Waals surface area contributed by atoms with Crippen molar-refractivity contribution in [3.8, 4) is 0 Å². The fourth-order valence-corrected chi connectivity index (χ4v) is 2.58. The van der Waals surface area contributed by atoms with Crippen LogP contribution in [0, 0.1) is 0 Å². The van der Waals surface area contributed by atoms with E-state index >= 15 is 0 Å². The zero-order chi connectivity index (χ0) is 15.0. The van der Waals surface area contributed by atoms with Crippen molar-refractivity contribution in [3.63, 3.8) is 0 Å². The van der Waals surface area contributed by atoms with Crippen molar-refractivity contribution in [2.45, 2.75) is 20.4 Å². The van der Waals surface area contributed by atoms with Gasteiger partial charge in [-0.3, -0.25) is 4.79 Å². The Labute approximate surface area is 120 Å². The molecule has 0 radical (unpaired) electrons. The molecule has 0 aliphatic heterocycles. The second-order valence-corrected chi connectivity index (χ2v) is 4.63. The lowest BCUT2D eigenvalue weighted by atomic mass is 10.2. The number of aromatic nitrogens is 1. The van der Waals surface area contributed by atoms with Gasteiger partial charge < -0.3 is 13.7 Å². The number of carbonyl (C=O) groups is 1. The zero-order valence-electron chi connectivity index (χ0n) is 11.9. The van der Waals surface area contributed by atoms with Crippen LogP contribution >= 0.6 is 0 Å². The molecule has 21 heavy (non-hydrogen) atoms. The third-order valence-corrected chi connectivity index (χ3v) is 3.42. The molecule has 3 aromatic rings. The molecule has 0 saturated carbocycles. The summed E-state index contributed by atoms with van der Waals surface area (Å²) in [5.41, 5.74) is 1.59. The summed E-state index contributed by atoms with van der Waals surface area (Å²) in [5.74, 6) is -0.682. The van der Waals surface area contributed by atoms with Crippen LogP contribution in [0.15, 0.2) is 39.5 Å². The summed E-state index contributed by atoms with van der Waals surface area (Å²) in [6.07, 6.45) is 0. The number of para-hydroxylation sites is 1. The normalized spacial score (nSPS) is 11.1. The molecule has 5 nitrogen and oxygen atoms in total. The van der Waals surface area contributed by atoms with Crippen LogP contribution in [0.4, 0.5) is 0 Å². The number of carbonyl (C=O) groups excluding carboxylic acids is 1. The molecule has 0 aliphatic carbocycles. The molecular formula is C16H15NO4. The minimum atomic E-state index is -0.621. The monoisotopic (exact) mass is 285 g/mol. The maximum Gasteiger partial charge on any atom is 0.374 e. The molecule has 0 spiro atoms. The number of benzene rings is 1. The van der Waals surface area contributed by atoms with Crippen LogP contribution in [0.25, 0.3) is 22.0 Å². The number of hydrogen-bond donors (Lipinski definition) is 0. The number of nitrogens with zero attached hydrogens (tertiary/aromatic N) is 1. The van der Waals surface area contributed by atoms with Gasteiger partial charge in [-0.15, -0.1) is 0 Å². The highest BCUT2D eigenvalue weighted by atomic mass is 16.5. The van der Waals surface area contributed by atoms with Crippen molar-refractivity contribution < 1.29 is 13.9 Å². The van der Waals surface area contributed by atoms with Gasteiger partial charge in [0, 0.05) is 18.0 Å². The minimum absolute atomic E-state index is 0.0617. The minimum Gasteiger partial charge on any atom is -0.460 e. The summed E-state index contributed by atoms with van der Waals surface area (Å²) < 4.78 is 12.5. The second kappa shape index (κ2) is 5.09. The highest BCUT2D eigenvalue weighted by Gasteiger charge is 2.19. The zero-order valence-corrected chi connectivity index (χ0v) is 11.9. The lowest BCUT2D eigenvalue weighted by molar-refractivity contribution is 0.0491. The van der Waals surface area contributed by atoms with Crippen molar-refractivity contribution in [2.24, 2.45) is 0 Å². The number of esters is 1. The van der Waals surface area contributed by atoms with Crippen LogP contribution < -0.4 is 5.43 Å². The van der Waals surface area contributed by atoms with Gasteiger partial charge in [0.2, 0.25) is 11.2 Å². The van der Waals surface area contributed by atoms with E-state index in [9.17, 15) is 9.59 Å². The smallest absolute Gasteiger partial charge is 0.374 e. The fraction of sp³-hybridized carbons (Fsp3) is 0.250. The lowest BCUT2D eigenvalue weighted by Crippen LogP contribution is -2.11. The molecule has 2 aromatic heterocycles. The fourth-order valence-electron chi connectivity index (χ4n) is 2.58. The number of aryl methyl sites for hydroxylation is 1. The molecular weight excluding hydrogens is 270 g/mol. The first-order valence-corrected chi connectivity index (χ1v) is 6.89. The summed E-state index contributed by atoms with van der Waals surface area (Å²) in [4.78, 5) is 24.2. The first-order valence-electron chi connectivity index (χ1n) is 6.89. The van der Waals surface area contributed by atoms with Crippen LogP contribution in [-0.2, 0) is 11.3 Å². The second-order valence-electron chi connectivity index (χ2n) is 4.63. The molecule has 5 heteroatoms. The average molecular weight is 285 g/mol. The Bertz CT molecular complexity index is 888. The maximum atomic E-state index is 12.4. The molecule has 0 fully saturated rings.